The highest BCUT2D eigenvalue weighted by Gasteiger charge is 2.38. The highest BCUT2D eigenvalue weighted by molar-refractivity contribution is 6.42. The molecule has 0 fully saturated rings. The molecular formula is C13H7Cl2F3N4O. The van der Waals surface area contributed by atoms with Crippen LogP contribution in [0.2, 0.25) is 10.0 Å². The van der Waals surface area contributed by atoms with Gasteiger partial charge in [-0.1, -0.05) is 29.3 Å². The summed E-state index contributed by atoms with van der Waals surface area (Å²) < 4.78 is 36.5. The van der Waals surface area contributed by atoms with Crippen LogP contribution >= 0.6 is 23.2 Å². The highest BCUT2D eigenvalue weighted by atomic mass is 35.5. The van der Waals surface area contributed by atoms with Crippen LogP contribution in [0.15, 0.2) is 35.6 Å². The van der Waals surface area contributed by atoms with Crippen LogP contribution in [0.25, 0.3) is 11.3 Å². The molecule has 1 aromatic heterocycles. The van der Waals surface area contributed by atoms with E-state index in [2.05, 4.69) is 15.0 Å². The summed E-state index contributed by atoms with van der Waals surface area (Å²) in [5.74, 6) is -2.99. The summed E-state index contributed by atoms with van der Waals surface area (Å²) in [6.07, 6.45) is -4.03. The zero-order chi connectivity index (χ0) is 17.2. The van der Waals surface area contributed by atoms with Crippen molar-refractivity contribution in [3.8, 4) is 11.3 Å². The first-order valence-corrected chi connectivity index (χ1v) is 6.67. The Hall–Kier alpha value is -2.19. The molecule has 2 N–H and O–H groups in total. The van der Waals surface area contributed by atoms with Crippen LogP contribution in [-0.4, -0.2) is 27.9 Å². The fourth-order valence-electron chi connectivity index (χ4n) is 1.54. The lowest BCUT2D eigenvalue weighted by molar-refractivity contribution is -0.169. The largest absolute Gasteiger partial charge is 0.473 e. The molecule has 1 amide bonds. The molecule has 0 bridgehead atoms. The number of hydrogen-bond acceptors (Lipinski definition) is 3. The van der Waals surface area contributed by atoms with Gasteiger partial charge in [0.1, 0.15) is 12.0 Å². The van der Waals surface area contributed by atoms with E-state index in [1.54, 1.807) is 6.07 Å². The van der Waals surface area contributed by atoms with Gasteiger partial charge in [-0.15, -0.1) is 0 Å². The normalized spacial score (nSPS) is 12.3. The summed E-state index contributed by atoms with van der Waals surface area (Å²) in [4.78, 5) is 21.2. The quantitative estimate of drug-likeness (QED) is 0.656. The summed E-state index contributed by atoms with van der Waals surface area (Å²) in [5.41, 5.74) is 6.12. The zero-order valence-corrected chi connectivity index (χ0v) is 12.6. The summed E-state index contributed by atoms with van der Waals surface area (Å²) in [6, 6.07) is 5.94. The van der Waals surface area contributed by atoms with E-state index in [0.29, 0.717) is 16.3 Å². The van der Waals surface area contributed by atoms with Crippen molar-refractivity contribution in [2.75, 3.05) is 0 Å². The van der Waals surface area contributed by atoms with Crippen molar-refractivity contribution < 1.29 is 18.0 Å². The minimum absolute atomic E-state index is 0.126. The third-order valence-electron chi connectivity index (χ3n) is 2.61. The fourth-order valence-corrected chi connectivity index (χ4v) is 1.84. The van der Waals surface area contributed by atoms with Crippen LogP contribution < -0.4 is 5.73 Å². The van der Waals surface area contributed by atoms with Gasteiger partial charge in [-0.25, -0.2) is 9.97 Å². The van der Waals surface area contributed by atoms with E-state index >= 15 is 0 Å². The van der Waals surface area contributed by atoms with E-state index in [0.717, 1.165) is 6.33 Å². The monoisotopic (exact) mass is 362 g/mol. The standard InChI is InChI=1S/C13H7Cl2F3N4O/c14-7-2-1-6(3-8(7)15)9-4-10(21-5-20-9)11(19)22-12(23)13(16,17)18/h1-5H,(H2,19,22,23). The second-order valence-electron chi connectivity index (χ2n) is 4.22. The van der Waals surface area contributed by atoms with Gasteiger partial charge in [-0.3, -0.25) is 4.79 Å². The summed E-state index contributed by atoms with van der Waals surface area (Å²) >= 11 is 11.7. The van der Waals surface area contributed by atoms with Crippen molar-refractivity contribution in [2.24, 2.45) is 10.7 Å². The number of nitrogens with two attached hydrogens (primary N) is 1. The van der Waals surface area contributed by atoms with Gasteiger partial charge in [0.15, 0.2) is 5.84 Å². The van der Waals surface area contributed by atoms with Crippen molar-refractivity contribution >= 4 is 34.9 Å². The Morgan fingerprint density at radius 3 is 2.43 bits per heavy atom. The second-order valence-corrected chi connectivity index (χ2v) is 5.03. The second kappa shape index (κ2) is 6.51. The number of nitrogens with zero attached hydrogens (tertiary/aromatic N) is 3. The van der Waals surface area contributed by atoms with E-state index in [1.807, 2.05) is 0 Å². The molecule has 0 spiro atoms. The van der Waals surface area contributed by atoms with Crippen LogP contribution in [0.5, 0.6) is 0 Å². The molecule has 10 heteroatoms. The van der Waals surface area contributed by atoms with E-state index in [9.17, 15) is 18.0 Å². The molecule has 120 valence electrons. The Labute approximate surface area is 138 Å². The Bertz CT molecular complexity index is 793. The van der Waals surface area contributed by atoms with Gasteiger partial charge in [0.2, 0.25) is 0 Å². The van der Waals surface area contributed by atoms with Gasteiger partial charge in [-0.2, -0.15) is 18.2 Å². The molecule has 0 aliphatic carbocycles. The number of hydrogen-bond donors (Lipinski definition) is 1. The molecule has 0 aliphatic heterocycles. The molecule has 5 nitrogen and oxygen atoms in total. The Kier molecular flexibility index (Phi) is 4.86. The SMILES string of the molecule is NC(=NC(=O)C(F)(F)F)c1cc(-c2ccc(Cl)c(Cl)c2)ncn1. The number of carbonyl (C=O) groups is 1. The molecule has 0 saturated heterocycles. The predicted molar refractivity (Wildman–Crippen MR) is 79.3 cm³/mol. The van der Waals surface area contributed by atoms with Crippen LogP contribution in [-0.2, 0) is 4.79 Å². The molecule has 0 unspecified atom stereocenters. The number of amidine groups is 1. The topological polar surface area (TPSA) is 81.2 Å². The molecule has 1 aromatic carbocycles. The number of halogens is 5. The number of rotatable bonds is 2. The number of amides is 1. The van der Waals surface area contributed by atoms with Crippen molar-refractivity contribution in [3.63, 3.8) is 0 Å². The first-order chi connectivity index (χ1) is 10.7. The van der Waals surface area contributed by atoms with Gasteiger partial charge >= 0.3 is 12.1 Å². The molecule has 2 aromatic rings. The maximum absolute atomic E-state index is 12.2. The molecule has 23 heavy (non-hydrogen) atoms. The summed E-state index contributed by atoms with van der Waals surface area (Å²) in [6.45, 7) is 0. The number of alkyl halides is 3. The summed E-state index contributed by atoms with van der Waals surface area (Å²) in [7, 11) is 0. The minimum Gasteiger partial charge on any atom is -0.382 e. The van der Waals surface area contributed by atoms with Gasteiger partial charge in [0, 0.05) is 5.56 Å². The highest BCUT2D eigenvalue weighted by Crippen LogP contribution is 2.27. The number of carbonyl (C=O) groups excluding carboxylic acids is 1. The summed E-state index contributed by atoms with van der Waals surface area (Å²) in [5, 5.41) is 0.611. The molecule has 0 atom stereocenters. The molecule has 1 heterocycles. The maximum Gasteiger partial charge on any atom is 0.473 e. The number of aliphatic imine (C=N–C) groups is 1. The molecule has 0 radical (unpaired) electrons. The third-order valence-corrected chi connectivity index (χ3v) is 3.35. The van der Waals surface area contributed by atoms with Gasteiger partial charge < -0.3 is 5.73 Å². The van der Waals surface area contributed by atoms with E-state index < -0.39 is 17.9 Å². The lowest BCUT2D eigenvalue weighted by atomic mass is 10.1. The maximum atomic E-state index is 12.2. The minimum atomic E-state index is -5.11. The van der Waals surface area contributed by atoms with Gasteiger partial charge in [0.05, 0.1) is 15.7 Å². The Balaban J connectivity index is 2.38. The lowest BCUT2D eigenvalue weighted by Crippen LogP contribution is -2.25. The van der Waals surface area contributed by atoms with Crippen molar-refractivity contribution in [1.82, 2.24) is 9.97 Å². The van der Waals surface area contributed by atoms with Gasteiger partial charge in [0.25, 0.3) is 0 Å². The van der Waals surface area contributed by atoms with Crippen LogP contribution in [0.3, 0.4) is 0 Å². The number of benzene rings is 1. The van der Waals surface area contributed by atoms with Crippen LogP contribution in [0, 0.1) is 0 Å². The van der Waals surface area contributed by atoms with Gasteiger partial charge in [-0.05, 0) is 18.2 Å². The van der Waals surface area contributed by atoms with Crippen LogP contribution in [0.4, 0.5) is 13.2 Å². The molecule has 0 saturated carbocycles. The predicted octanol–water partition coefficient (Wildman–Crippen LogP) is 3.24. The zero-order valence-electron chi connectivity index (χ0n) is 11.1. The molecular weight excluding hydrogens is 356 g/mol. The Morgan fingerprint density at radius 1 is 1.13 bits per heavy atom. The Morgan fingerprint density at radius 2 is 1.83 bits per heavy atom. The fraction of sp³-hybridized carbons (Fsp3) is 0.0769. The van der Waals surface area contributed by atoms with E-state index in [4.69, 9.17) is 28.9 Å². The third kappa shape index (κ3) is 4.17. The first kappa shape index (κ1) is 17.2. The molecule has 2 rings (SSSR count). The van der Waals surface area contributed by atoms with Crippen molar-refractivity contribution in [1.29, 1.82) is 0 Å². The van der Waals surface area contributed by atoms with Crippen molar-refractivity contribution in [3.05, 3.63) is 46.3 Å². The lowest BCUT2D eigenvalue weighted by Gasteiger charge is -2.05. The van der Waals surface area contributed by atoms with E-state index in [1.165, 1.54) is 18.2 Å². The average Bonchev–Trinajstić information content (AvgIpc) is 2.49. The van der Waals surface area contributed by atoms with Crippen LogP contribution in [0.1, 0.15) is 5.69 Å². The smallest absolute Gasteiger partial charge is 0.382 e. The first-order valence-electron chi connectivity index (χ1n) is 5.91. The average molecular weight is 363 g/mol. The van der Waals surface area contributed by atoms with E-state index in [-0.39, 0.29) is 10.7 Å². The number of aromatic nitrogens is 2. The molecule has 0 aliphatic rings. The van der Waals surface area contributed by atoms with Crippen molar-refractivity contribution in [2.45, 2.75) is 6.18 Å².